The lowest BCUT2D eigenvalue weighted by atomic mass is 9.34. The van der Waals surface area contributed by atoms with Crippen LogP contribution in [0.25, 0.3) is 0 Å². The van der Waals surface area contributed by atoms with E-state index in [9.17, 15) is 14.9 Å². The first-order chi connectivity index (χ1) is 16.8. The maximum absolute atomic E-state index is 13.4. The van der Waals surface area contributed by atoms with E-state index in [1.807, 2.05) is 0 Å². The molecule has 5 aliphatic rings. The van der Waals surface area contributed by atoms with Crippen LogP contribution in [0.5, 0.6) is 0 Å². The number of carbonyl (C=O) groups excluding carboxylic acids is 2. The van der Waals surface area contributed by atoms with Gasteiger partial charge in [0.1, 0.15) is 6.29 Å². The van der Waals surface area contributed by atoms with Gasteiger partial charge in [-0.05, 0) is 110 Å². The molecule has 5 aliphatic carbocycles. The predicted molar refractivity (Wildman–Crippen MR) is 140 cm³/mol. The van der Waals surface area contributed by atoms with Crippen molar-refractivity contribution in [3.8, 4) is 6.07 Å². The van der Waals surface area contributed by atoms with E-state index in [-0.39, 0.29) is 39.5 Å². The van der Waals surface area contributed by atoms with Gasteiger partial charge in [-0.2, -0.15) is 5.26 Å². The second kappa shape index (κ2) is 7.81. The fourth-order valence-electron chi connectivity index (χ4n) is 11.5. The number of allylic oxidation sites excluding steroid dienone is 3. The van der Waals surface area contributed by atoms with Crippen molar-refractivity contribution in [3.05, 3.63) is 23.3 Å². The molecule has 4 nitrogen and oxygen atoms in total. The fourth-order valence-corrected chi connectivity index (χ4v) is 11.5. The second-order valence-electron chi connectivity index (χ2n) is 14.3. The monoisotopic (exact) mass is 491 g/mol. The van der Waals surface area contributed by atoms with Crippen LogP contribution in [-0.4, -0.2) is 19.4 Å². The molecule has 0 aliphatic heterocycles. The molecule has 0 saturated heterocycles. The molecule has 0 radical (unpaired) electrons. The van der Waals surface area contributed by atoms with Crippen molar-refractivity contribution >= 4 is 12.3 Å². The molecule has 0 unspecified atom stereocenters. The molecule has 0 aromatic carbocycles. The number of rotatable bonds is 3. The molecule has 196 valence electrons. The van der Waals surface area contributed by atoms with Gasteiger partial charge >= 0.3 is 5.97 Å². The average Bonchev–Trinajstić information content (AvgIpc) is 3.30. The van der Waals surface area contributed by atoms with Crippen LogP contribution in [0, 0.1) is 68.0 Å². The van der Waals surface area contributed by atoms with E-state index in [1.165, 1.54) is 12.7 Å². The first-order valence-electron chi connectivity index (χ1n) is 14.2. The van der Waals surface area contributed by atoms with Crippen LogP contribution in [0.15, 0.2) is 23.3 Å². The molecule has 0 amide bonds. The molecule has 0 heterocycles. The van der Waals surface area contributed by atoms with Gasteiger partial charge in [0.05, 0.1) is 18.6 Å². The van der Waals surface area contributed by atoms with Gasteiger partial charge in [-0.15, -0.1) is 0 Å². The molecule has 0 N–H and O–H groups in total. The fraction of sp³-hybridized carbons (Fsp3) is 0.781. The van der Waals surface area contributed by atoms with E-state index in [0.29, 0.717) is 23.3 Å². The number of methoxy groups -OCH3 is 1. The Hall–Kier alpha value is -1.89. The molecular weight excluding hydrogens is 446 g/mol. The Balaban J connectivity index is 1.62. The minimum absolute atomic E-state index is 0.0407. The van der Waals surface area contributed by atoms with Gasteiger partial charge in [-0.25, -0.2) is 0 Å². The minimum atomic E-state index is -0.497. The van der Waals surface area contributed by atoms with Crippen molar-refractivity contribution in [1.29, 1.82) is 5.26 Å². The molecular formula is C32H45NO3. The normalized spacial score (nSPS) is 48.7. The van der Waals surface area contributed by atoms with Gasteiger partial charge in [0.25, 0.3) is 0 Å². The number of esters is 1. The molecule has 0 aromatic heterocycles. The lowest BCUT2D eigenvalue weighted by Gasteiger charge is -2.70. The highest BCUT2D eigenvalue weighted by atomic mass is 16.5. The second-order valence-corrected chi connectivity index (χ2v) is 14.3. The molecule has 36 heavy (non-hydrogen) atoms. The van der Waals surface area contributed by atoms with E-state index in [0.717, 1.165) is 63.2 Å². The third kappa shape index (κ3) is 2.71. The van der Waals surface area contributed by atoms with E-state index >= 15 is 0 Å². The Morgan fingerprint density at radius 1 is 1.00 bits per heavy atom. The number of aldehydes is 1. The summed E-state index contributed by atoms with van der Waals surface area (Å²) in [6.07, 6.45) is 8.82. The van der Waals surface area contributed by atoms with Crippen molar-refractivity contribution < 1.29 is 14.3 Å². The van der Waals surface area contributed by atoms with Gasteiger partial charge in [0.2, 0.25) is 0 Å². The average molecular weight is 492 g/mol. The van der Waals surface area contributed by atoms with Crippen LogP contribution in [0.1, 0.15) is 92.9 Å². The van der Waals surface area contributed by atoms with E-state index < -0.39 is 5.41 Å². The molecule has 4 fully saturated rings. The lowest BCUT2D eigenvalue weighted by molar-refractivity contribution is -0.218. The summed E-state index contributed by atoms with van der Waals surface area (Å²) in [7, 11) is 1.52. The SMILES string of the molecule is C=C(C=O)[C@@H]1CC[C@]2(C(=O)OC)CC[C@]3(C)[C@H](CC[C@@H]4[C@@]5(C)C(C#N)=C(C)C(C)(C)[C@@H]5CC[C@]43C)[C@@H]12. The lowest BCUT2D eigenvalue weighted by Crippen LogP contribution is -2.65. The Bertz CT molecular complexity index is 1100. The summed E-state index contributed by atoms with van der Waals surface area (Å²) < 4.78 is 5.44. The summed E-state index contributed by atoms with van der Waals surface area (Å²) in [5.41, 5.74) is 2.54. The smallest absolute Gasteiger partial charge is 0.312 e. The van der Waals surface area contributed by atoms with Crippen LogP contribution in [0.2, 0.25) is 0 Å². The maximum atomic E-state index is 13.4. The number of carbonyl (C=O) groups is 2. The van der Waals surface area contributed by atoms with Gasteiger partial charge < -0.3 is 4.74 Å². The summed E-state index contributed by atoms with van der Waals surface area (Å²) >= 11 is 0. The predicted octanol–water partition coefficient (Wildman–Crippen LogP) is 7.06. The molecule has 9 atom stereocenters. The number of fused-ring (bicyclic) bond motifs is 7. The zero-order chi connectivity index (χ0) is 26.5. The molecule has 5 rings (SSSR count). The van der Waals surface area contributed by atoms with E-state index in [1.54, 1.807) is 0 Å². The zero-order valence-corrected chi connectivity index (χ0v) is 23.5. The van der Waals surface area contributed by atoms with Crippen LogP contribution >= 0.6 is 0 Å². The summed E-state index contributed by atoms with van der Waals surface area (Å²) in [5.74, 6) is 1.36. The highest BCUT2D eigenvalue weighted by Gasteiger charge is 2.73. The Morgan fingerprint density at radius 3 is 2.31 bits per heavy atom. The van der Waals surface area contributed by atoms with Crippen LogP contribution in [-0.2, 0) is 14.3 Å². The molecule has 4 heteroatoms. The highest BCUT2D eigenvalue weighted by Crippen LogP contribution is 2.78. The zero-order valence-electron chi connectivity index (χ0n) is 23.5. The number of hydrogen-bond acceptors (Lipinski definition) is 4. The summed E-state index contributed by atoms with van der Waals surface area (Å²) in [6.45, 7) is 18.5. The standard InChI is InChI=1S/C32H45NO3/c1-19(18-34)21-11-14-32(27(35)36-8)16-15-29(5)22(26(21)32)9-10-25-30(29,6)13-12-24-28(3,4)20(2)23(17-33)31(24,25)7/h18,21-22,24-26H,1,9-16H2,2-8H3/t21-,22+,24-,25-,26+,29+,30+,31-,32-/m0/s1. The largest absolute Gasteiger partial charge is 0.469 e. The maximum Gasteiger partial charge on any atom is 0.312 e. The molecule has 0 spiro atoms. The quantitative estimate of drug-likeness (QED) is 0.241. The van der Waals surface area contributed by atoms with Gasteiger partial charge in [0.15, 0.2) is 0 Å². The van der Waals surface area contributed by atoms with Gasteiger partial charge in [0, 0.05) is 11.0 Å². The Morgan fingerprint density at radius 2 is 1.69 bits per heavy atom. The number of nitrogens with zero attached hydrogens (tertiary/aromatic N) is 1. The van der Waals surface area contributed by atoms with Gasteiger partial charge in [-0.1, -0.05) is 46.8 Å². The molecule has 4 saturated carbocycles. The first-order valence-corrected chi connectivity index (χ1v) is 14.2. The number of hydrogen-bond donors (Lipinski definition) is 0. The van der Waals surface area contributed by atoms with Crippen molar-refractivity contribution in [1.82, 2.24) is 0 Å². The van der Waals surface area contributed by atoms with Crippen molar-refractivity contribution in [2.24, 2.45) is 56.7 Å². The Kier molecular flexibility index (Phi) is 5.59. The van der Waals surface area contributed by atoms with Crippen molar-refractivity contribution in [3.63, 3.8) is 0 Å². The Labute approximate surface area is 217 Å². The molecule has 0 aromatic rings. The summed E-state index contributed by atoms with van der Waals surface area (Å²) in [6, 6.07) is 2.71. The van der Waals surface area contributed by atoms with Crippen LogP contribution < -0.4 is 0 Å². The highest BCUT2D eigenvalue weighted by molar-refractivity contribution is 5.80. The number of nitriles is 1. The van der Waals surface area contributed by atoms with Crippen LogP contribution in [0.4, 0.5) is 0 Å². The van der Waals surface area contributed by atoms with Crippen LogP contribution in [0.3, 0.4) is 0 Å². The van der Waals surface area contributed by atoms with E-state index in [4.69, 9.17) is 4.74 Å². The summed E-state index contributed by atoms with van der Waals surface area (Å²) in [5, 5.41) is 10.4. The minimum Gasteiger partial charge on any atom is -0.469 e. The number of ether oxygens (including phenoxy) is 1. The first kappa shape index (κ1) is 25.7. The van der Waals surface area contributed by atoms with Crippen molar-refractivity contribution in [2.45, 2.75) is 92.9 Å². The molecule has 0 bridgehead atoms. The third-order valence-electron chi connectivity index (χ3n) is 13.6. The third-order valence-corrected chi connectivity index (χ3v) is 13.6. The van der Waals surface area contributed by atoms with Gasteiger partial charge in [-0.3, -0.25) is 9.59 Å². The topological polar surface area (TPSA) is 67.2 Å². The summed E-state index contributed by atoms with van der Waals surface area (Å²) in [4.78, 5) is 25.3. The van der Waals surface area contributed by atoms with E-state index in [2.05, 4.69) is 54.2 Å². The van der Waals surface area contributed by atoms with Crippen molar-refractivity contribution in [2.75, 3.05) is 7.11 Å².